The number of rotatable bonds is 3. The third kappa shape index (κ3) is 1.92. The van der Waals surface area contributed by atoms with Crippen molar-refractivity contribution in [2.24, 2.45) is 16.7 Å². The first kappa shape index (κ1) is 14.0. The van der Waals surface area contributed by atoms with Crippen LogP contribution in [0.15, 0.2) is 22.7 Å². The number of benzene rings is 1. The minimum absolute atomic E-state index is 0.206. The summed E-state index contributed by atoms with van der Waals surface area (Å²) in [6.07, 6.45) is 0. The van der Waals surface area contributed by atoms with E-state index < -0.39 is 0 Å². The lowest BCUT2D eigenvalue weighted by atomic mass is 9.97. The molecule has 3 heteroatoms. The van der Waals surface area contributed by atoms with E-state index >= 15 is 0 Å². The largest absolute Gasteiger partial charge is 0.313 e. The van der Waals surface area contributed by atoms with Gasteiger partial charge in [0.15, 0.2) is 0 Å². The Morgan fingerprint density at radius 1 is 1.22 bits per heavy atom. The molecule has 0 saturated heterocycles. The normalized spacial score (nSPS) is 22.8. The van der Waals surface area contributed by atoms with E-state index in [0.717, 1.165) is 5.56 Å². The smallest absolute Gasteiger partial charge is 0.137 e. The maximum Gasteiger partial charge on any atom is 0.137 e. The van der Waals surface area contributed by atoms with E-state index in [1.54, 1.807) is 0 Å². The van der Waals surface area contributed by atoms with Gasteiger partial charge in [-0.2, -0.15) is 0 Å². The molecule has 1 atom stereocenters. The van der Waals surface area contributed by atoms with Gasteiger partial charge >= 0.3 is 0 Å². The van der Waals surface area contributed by atoms with Gasteiger partial charge in [0.2, 0.25) is 0 Å². The van der Waals surface area contributed by atoms with Crippen molar-refractivity contribution < 1.29 is 4.39 Å². The summed E-state index contributed by atoms with van der Waals surface area (Å²) >= 11 is 3.27. The molecule has 2 rings (SSSR count). The molecule has 1 nitrogen and oxygen atoms in total. The Morgan fingerprint density at radius 3 is 2.17 bits per heavy atom. The highest BCUT2D eigenvalue weighted by atomic mass is 79.9. The van der Waals surface area contributed by atoms with Crippen LogP contribution in [0.25, 0.3) is 0 Å². The lowest BCUT2D eigenvalue weighted by Crippen LogP contribution is -2.21. The minimum Gasteiger partial charge on any atom is -0.313 e. The molecule has 0 aliphatic heterocycles. The molecule has 1 N–H and O–H groups in total. The summed E-state index contributed by atoms with van der Waals surface area (Å²) in [5, 5.41) is 3.39. The summed E-state index contributed by atoms with van der Waals surface area (Å²) in [6.45, 7) is 9.22. The number of hydrogen-bond acceptors (Lipinski definition) is 1. The predicted molar refractivity (Wildman–Crippen MR) is 77.0 cm³/mol. The highest BCUT2D eigenvalue weighted by Gasteiger charge is 2.67. The van der Waals surface area contributed by atoms with Gasteiger partial charge < -0.3 is 5.32 Å². The maximum atomic E-state index is 13.3. The van der Waals surface area contributed by atoms with Crippen LogP contribution in [-0.2, 0) is 0 Å². The zero-order chi connectivity index (χ0) is 13.7. The van der Waals surface area contributed by atoms with Crippen molar-refractivity contribution in [1.29, 1.82) is 0 Å². The predicted octanol–water partition coefficient (Wildman–Crippen LogP) is 4.53. The van der Waals surface area contributed by atoms with E-state index in [4.69, 9.17) is 0 Å². The summed E-state index contributed by atoms with van der Waals surface area (Å²) < 4.78 is 13.9. The van der Waals surface area contributed by atoms with Crippen LogP contribution in [0.4, 0.5) is 4.39 Å². The monoisotopic (exact) mass is 313 g/mol. The number of nitrogens with one attached hydrogen (secondary N) is 1. The molecule has 0 bridgehead atoms. The van der Waals surface area contributed by atoms with E-state index in [0.29, 0.717) is 21.2 Å². The van der Waals surface area contributed by atoms with E-state index in [-0.39, 0.29) is 11.9 Å². The molecule has 0 amide bonds. The van der Waals surface area contributed by atoms with Gasteiger partial charge in [0.05, 0.1) is 4.47 Å². The first-order valence-corrected chi connectivity index (χ1v) is 7.15. The van der Waals surface area contributed by atoms with E-state index in [2.05, 4.69) is 48.9 Å². The molecule has 1 aliphatic rings. The topological polar surface area (TPSA) is 12.0 Å². The molecular formula is C15H21BrFN. The Hall–Kier alpha value is -0.410. The second kappa shape index (κ2) is 4.31. The molecule has 1 fully saturated rings. The van der Waals surface area contributed by atoms with Crippen molar-refractivity contribution in [1.82, 2.24) is 5.32 Å². The minimum atomic E-state index is -0.206. The van der Waals surface area contributed by atoms with Crippen LogP contribution in [0, 0.1) is 22.6 Å². The second-order valence-corrected chi connectivity index (χ2v) is 7.22. The molecule has 0 spiro atoms. The van der Waals surface area contributed by atoms with Crippen LogP contribution >= 0.6 is 15.9 Å². The fraction of sp³-hybridized carbons (Fsp3) is 0.600. The molecular weight excluding hydrogens is 293 g/mol. The summed E-state index contributed by atoms with van der Waals surface area (Å²) in [5.74, 6) is 0.357. The number of halogens is 2. The quantitative estimate of drug-likeness (QED) is 0.864. The van der Waals surface area contributed by atoms with Gasteiger partial charge in [-0.05, 0) is 57.4 Å². The van der Waals surface area contributed by atoms with Crippen LogP contribution < -0.4 is 5.32 Å². The van der Waals surface area contributed by atoms with Crippen molar-refractivity contribution in [3.8, 4) is 0 Å². The standard InChI is InChI=1S/C15H21BrFN/c1-14(2)13(15(14,3)4)12(18-5)9-6-7-11(17)10(16)8-9/h6-8,12-13,18H,1-5H3. The molecule has 1 aliphatic carbocycles. The zero-order valence-electron chi connectivity index (χ0n) is 11.6. The zero-order valence-corrected chi connectivity index (χ0v) is 13.2. The Kier molecular flexibility index (Phi) is 3.35. The number of hydrogen-bond donors (Lipinski definition) is 1. The van der Waals surface area contributed by atoms with Gasteiger partial charge in [-0.25, -0.2) is 4.39 Å². The van der Waals surface area contributed by atoms with Crippen molar-refractivity contribution in [3.05, 3.63) is 34.1 Å². The lowest BCUT2D eigenvalue weighted by molar-refractivity contribution is 0.437. The van der Waals surface area contributed by atoms with Crippen molar-refractivity contribution >= 4 is 15.9 Å². The van der Waals surface area contributed by atoms with Gasteiger partial charge in [-0.1, -0.05) is 33.8 Å². The lowest BCUT2D eigenvalue weighted by Gasteiger charge is -2.19. The third-order valence-corrected chi connectivity index (χ3v) is 5.69. The molecule has 1 aromatic carbocycles. The fourth-order valence-corrected chi connectivity index (χ4v) is 3.71. The Balaban J connectivity index is 2.33. The average Bonchev–Trinajstić information content (AvgIpc) is 2.67. The summed E-state index contributed by atoms with van der Waals surface area (Å²) in [5.41, 5.74) is 1.76. The van der Waals surface area contributed by atoms with Crippen LogP contribution in [0.1, 0.15) is 39.3 Å². The molecule has 0 radical (unpaired) electrons. The van der Waals surface area contributed by atoms with Crippen LogP contribution in [-0.4, -0.2) is 7.05 Å². The molecule has 100 valence electrons. The summed E-state index contributed by atoms with van der Waals surface area (Å²) in [7, 11) is 1.98. The van der Waals surface area contributed by atoms with Gasteiger partial charge in [0.25, 0.3) is 0 Å². The Bertz CT molecular complexity index is 454. The molecule has 0 aromatic heterocycles. The highest BCUT2D eigenvalue weighted by Crippen LogP contribution is 2.72. The van der Waals surface area contributed by atoms with Crippen LogP contribution in [0.3, 0.4) is 0 Å². The molecule has 1 saturated carbocycles. The van der Waals surface area contributed by atoms with E-state index in [1.807, 2.05) is 19.2 Å². The Labute approximate surface area is 117 Å². The van der Waals surface area contributed by atoms with Gasteiger partial charge in [0.1, 0.15) is 5.82 Å². The van der Waals surface area contributed by atoms with Crippen LogP contribution in [0.2, 0.25) is 0 Å². The summed E-state index contributed by atoms with van der Waals surface area (Å²) in [6, 6.07) is 5.57. The average molecular weight is 314 g/mol. The fourth-order valence-electron chi connectivity index (χ4n) is 3.31. The van der Waals surface area contributed by atoms with Gasteiger partial charge in [0, 0.05) is 6.04 Å². The second-order valence-electron chi connectivity index (χ2n) is 6.36. The highest BCUT2D eigenvalue weighted by molar-refractivity contribution is 9.10. The molecule has 0 heterocycles. The molecule has 18 heavy (non-hydrogen) atoms. The van der Waals surface area contributed by atoms with Gasteiger partial charge in [-0.15, -0.1) is 0 Å². The van der Waals surface area contributed by atoms with Crippen molar-refractivity contribution in [2.45, 2.75) is 33.7 Å². The SMILES string of the molecule is CNC(c1ccc(F)c(Br)c1)C1C(C)(C)C1(C)C. The first-order valence-electron chi connectivity index (χ1n) is 6.35. The van der Waals surface area contributed by atoms with Gasteiger partial charge in [-0.3, -0.25) is 0 Å². The summed E-state index contributed by atoms with van der Waals surface area (Å²) in [4.78, 5) is 0. The molecule has 1 aromatic rings. The third-order valence-electron chi connectivity index (χ3n) is 5.08. The van der Waals surface area contributed by atoms with Crippen molar-refractivity contribution in [3.63, 3.8) is 0 Å². The molecule has 1 unspecified atom stereocenters. The van der Waals surface area contributed by atoms with E-state index in [9.17, 15) is 4.39 Å². The van der Waals surface area contributed by atoms with Crippen molar-refractivity contribution in [2.75, 3.05) is 7.05 Å². The Morgan fingerprint density at radius 2 is 1.78 bits per heavy atom. The first-order chi connectivity index (χ1) is 8.23. The van der Waals surface area contributed by atoms with E-state index in [1.165, 1.54) is 6.07 Å². The van der Waals surface area contributed by atoms with Crippen LogP contribution in [0.5, 0.6) is 0 Å². The maximum absolute atomic E-state index is 13.3.